The van der Waals surface area contributed by atoms with Crippen molar-refractivity contribution in [3.05, 3.63) is 29.8 Å². The van der Waals surface area contributed by atoms with Gasteiger partial charge in [-0.1, -0.05) is 12.1 Å². The average Bonchev–Trinajstić information content (AvgIpc) is 2.41. The standard InChI is InChI=1S/C15H26N2O2/c1-16-13-14-5-7-15(8-6-14)19-12-10-17(2)9-4-11-18-3/h5-8,16H,4,9-13H2,1-3H3. The van der Waals surface area contributed by atoms with Crippen LogP contribution in [0.25, 0.3) is 0 Å². The van der Waals surface area contributed by atoms with E-state index in [2.05, 4.69) is 29.4 Å². The van der Waals surface area contributed by atoms with Gasteiger partial charge in [-0.3, -0.25) is 0 Å². The van der Waals surface area contributed by atoms with E-state index >= 15 is 0 Å². The van der Waals surface area contributed by atoms with Crippen molar-refractivity contribution in [3.8, 4) is 5.75 Å². The maximum atomic E-state index is 5.72. The maximum Gasteiger partial charge on any atom is 0.119 e. The van der Waals surface area contributed by atoms with Crippen LogP contribution in [-0.2, 0) is 11.3 Å². The minimum absolute atomic E-state index is 0.717. The lowest BCUT2D eigenvalue weighted by molar-refractivity contribution is 0.172. The summed E-state index contributed by atoms with van der Waals surface area (Å²) in [6, 6.07) is 8.23. The monoisotopic (exact) mass is 266 g/mol. The zero-order chi connectivity index (χ0) is 13.9. The third kappa shape index (κ3) is 7.15. The van der Waals surface area contributed by atoms with Gasteiger partial charge in [0.05, 0.1) is 0 Å². The van der Waals surface area contributed by atoms with Crippen LogP contribution in [0.3, 0.4) is 0 Å². The Morgan fingerprint density at radius 3 is 2.47 bits per heavy atom. The summed E-state index contributed by atoms with van der Waals surface area (Å²) in [6.45, 7) is 4.40. The molecule has 0 bridgehead atoms. The van der Waals surface area contributed by atoms with Gasteiger partial charge in [-0.25, -0.2) is 0 Å². The molecule has 0 heterocycles. The summed E-state index contributed by atoms with van der Waals surface area (Å²) < 4.78 is 10.8. The molecule has 0 amide bonds. The van der Waals surface area contributed by atoms with Crippen LogP contribution < -0.4 is 10.1 Å². The molecule has 0 aliphatic carbocycles. The summed E-state index contributed by atoms with van der Waals surface area (Å²) in [6.07, 6.45) is 1.06. The van der Waals surface area contributed by atoms with Crippen LogP contribution in [0.1, 0.15) is 12.0 Å². The van der Waals surface area contributed by atoms with Gasteiger partial charge >= 0.3 is 0 Å². The molecule has 4 heteroatoms. The van der Waals surface area contributed by atoms with Crippen molar-refractivity contribution in [1.29, 1.82) is 0 Å². The molecule has 1 aromatic carbocycles. The molecule has 0 atom stereocenters. The lowest BCUT2D eigenvalue weighted by atomic mass is 10.2. The molecule has 0 spiro atoms. The molecule has 0 saturated carbocycles. The molecule has 0 aliphatic heterocycles. The molecule has 0 aliphatic rings. The van der Waals surface area contributed by atoms with E-state index < -0.39 is 0 Å². The van der Waals surface area contributed by atoms with Gasteiger partial charge in [0.1, 0.15) is 12.4 Å². The maximum absolute atomic E-state index is 5.72. The molecule has 0 aromatic heterocycles. The second-order valence-corrected chi connectivity index (χ2v) is 4.67. The topological polar surface area (TPSA) is 33.7 Å². The number of nitrogens with zero attached hydrogens (tertiary/aromatic N) is 1. The first kappa shape index (κ1) is 16.0. The molecule has 0 saturated heterocycles. The molecule has 0 unspecified atom stereocenters. The lowest BCUT2D eigenvalue weighted by Gasteiger charge is -2.16. The second-order valence-electron chi connectivity index (χ2n) is 4.67. The van der Waals surface area contributed by atoms with E-state index in [0.29, 0.717) is 0 Å². The Morgan fingerprint density at radius 2 is 1.84 bits per heavy atom. The number of methoxy groups -OCH3 is 1. The number of ether oxygens (including phenoxy) is 2. The van der Waals surface area contributed by atoms with Gasteiger partial charge in [0.15, 0.2) is 0 Å². The third-order valence-corrected chi connectivity index (χ3v) is 2.93. The predicted octanol–water partition coefficient (Wildman–Crippen LogP) is 1.75. The first-order chi connectivity index (χ1) is 9.26. The van der Waals surface area contributed by atoms with Gasteiger partial charge in [0.2, 0.25) is 0 Å². The van der Waals surface area contributed by atoms with Gasteiger partial charge in [0.25, 0.3) is 0 Å². The minimum Gasteiger partial charge on any atom is -0.492 e. The van der Waals surface area contributed by atoms with Crippen molar-refractivity contribution in [2.45, 2.75) is 13.0 Å². The molecule has 19 heavy (non-hydrogen) atoms. The predicted molar refractivity (Wildman–Crippen MR) is 78.7 cm³/mol. The van der Waals surface area contributed by atoms with Crippen LogP contribution in [0.4, 0.5) is 0 Å². The van der Waals surface area contributed by atoms with Crippen LogP contribution >= 0.6 is 0 Å². The fraction of sp³-hybridized carbons (Fsp3) is 0.600. The fourth-order valence-corrected chi connectivity index (χ4v) is 1.82. The minimum atomic E-state index is 0.717. The smallest absolute Gasteiger partial charge is 0.119 e. The van der Waals surface area contributed by atoms with Gasteiger partial charge in [-0.2, -0.15) is 0 Å². The number of rotatable bonds is 10. The lowest BCUT2D eigenvalue weighted by Crippen LogP contribution is -2.26. The molecule has 1 N–H and O–H groups in total. The normalized spacial score (nSPS) is 10.9. The van der Waals surface area contributed by atoms with Crippen LogP contribution in [0.15, 0.2) is 24.3 Å². The number of benzene rings is 1. The highest BCUT2D eigenvalue weighted by molar-refractivity contribution is 5.27. The summed E-state index contributed by atoms with van der Waals surface area (Å²) in [7, 11) is 5.79. The molecule has 1 rings (SSSR count). The SMILES string of the molecule is CNCc1ccc(OCCN(C)CCCOC)cc1. The van der Waals surface area contributed by atoms with Crippen LogP contribution in [0, 0.1) is 0 Å². The highest BCUT2D eigenvalue weighted by Crippen LogP contribution is 2.11. The highest BCUT2D eigenvalue weighted by atomic mass is 16.5. The van der Waals surface area contributed by atoms with Crippen molar-refractivity contribution >= 4 is 0 Å². The second kappa shape index (κ2) is 9.78. The molecule has 4 nitrogen and oxygen atoms in total. The molecule has 108 valence electrons. The molecular weight excluding hydrogens is 240 g/mol. The van der Waals surface area contributed by atoms with E-state index in [1.807, 2.05) is 19.2 Å². The third-order valence-electron chi connectivity index (χ3n) is 2.93. The average molecular weight is 266 g/mol. The fourth-order valence-electron chi connectivity index (χ4n) is 1.82. The number of likely N-dealkylation sites (N-methyl/N-ethyl adjacent to an activating group) is 1. The van der Waals surface area contributed by atoms with Gasteiger partial charge < -0.3 is 19.7 Å². The molecule has 0 radical (unpaired) electrons. The number of nitrogens with one attached hydrogen (secondary N) is 1. The van der Waals surface area contributed by atoms with Crippen molar-refractivity contribution in [1.82, 2.24) is 10.2 Å². The van der Waals surface area contributed by atoms with Crippen molar-refractivity contribution in [3.63, 3.8) is 0 Å². The van der Waals surface area contributed by atoms with E-state index in [9.17, 15) is 0 Å². The summed E-state index contributed by atoms with van der Waals surface area (Å²) >= 11 is 0. The van der Waals surface area contributed by atoms with E-state index in [-0.39, 0.29) is 0 Å². The van der Waals surface area contributed by atoms with Gasteiger partial charge in [-0.15, -0.1) is 0 Å². The zero-order valence-corrected chi connectivity index (χ0v) is 12.3. The van der Waals surface area contributed by atoms with Crippen LogP contribution in [-0.4, -0.2) is 52.4 Å². The van der Waals surface area contributed by atoms with Crippen molar-refractivity contribution in [2.24, 2.45) is 0 Å². The van der Waals surface area contributed by atoms with E-state index in [1.165, 1.54) is 5.56 Å². The Labute approximate surface area is 116 Å². The highest BCUT2D eigenvalue weighted by Gasteiger charge is 1.99. The summed E-state index contributed by atoms with van der Waals surface area (Å²) in [5.41, 5.74) is 1.27. The van der Waals surface area contributed by atoms with E-state index in [1.54, 1.807) is 7.11 Å². The number of hydrogen-bond acceptors (Lipinski definition) is 4. The van der Waals surface area contributed by atoms with E-state index in [4.69, 9.17) is 9.47 Å². The van der Waals surface area contributed by atoms with Crippen molar-refractivity contribution in [2.75, 3.05) is 47.5 Å². The van der Waals surface area contributed by atoms with Crippen LogP contribution in [0.5, 0.6) is 5.75 Å². The summed E-state index contributed by atoms with van der Waals surface area (Å²) in [5, 5.41) is 3.13. The van der Waals surface area contributed by atoms with Gasteiger partial charge in [-0.05, 0) is 38.2 Å². The van der Waals surface area contributed by atoms with Crippen molar-refractivity contribution < 1.29 is 9.47 Å². The number of hydrogen-bond donors (Lipinski definition) is 1. The van der Waals surface area contributed by atoms with E-state index in [0.717, 1.165) is 45.0 Å². The Morgan fingerprint density at radius 1 is 1.11 bits per heavy atom. The van der Waals surface area contributed by atoms with Crippen LogP contribution in [0.2, 0.25) is 0 Å². The Bertz CT molecular complexity index is 327. The summed E-state index contributed by atoms with van der Waals surface area (Å²) in [5.74, 6) is 0.935. The molecule has 0 fully saturated rings. The summed E-state index contributed by atoms with van der Waals surface area (Å²) in [4.78, 5) is 2.26. The Balaban J connectivity index is 2.17. The van der Waals surface area contributed by atoms with Gasteiger partial charge in [0, 0.05) is 33.4 Å². The zero-order valence-electron chi connectivity index (χ0n) is 12.3. The Kier molecular flexibility index (Phi) is 8.21. The molecule has 1 aromatic rings. The largest absolute Gasteiger partial charge is 0.492 e. The first-order valence-electron chi connectivity index (χ1n) is 6.80. The first-order valence-corrected chi connectivity index (χ1v) is 6.80. The Hall–Kier alpha value is -1.10. The quantitative estimate of drug-likeness (QED) is 0.654. The molecular formula is C15H26N2O2.